The second-order valence-corrected chi connectivity index (χ2v) is 2.96. The van der Waals surface area contributed by atoms with Crippen LogP contribution in [0.3, 0.4) is 0 Å². The highest BCUT2D eigenvalue weighted by atomic mass is 19.1. The fraction of sp³-hybridized carbons (Fsp3) is 0. The Bertz CT molecular complexity index is 555. The van der Waals surface area contributed by atoms with Crippen molar-refractivity contribution in [1.29, 1.82) is 5.26 Å². The van der Waals surface area contributed by atoms with Crippen molar-refractivity contribution in [2.75, 3.05) is 0 Å². The van der Waals surface area contributed by atoms with E-state index in [1.165, 1.54) is 12.5 Å². The first-order valence-electron chi connectivity index (χ1n) is 4.29. The zero-order valence-electron chi connectivity index (χ0n) is 7.91. The molecule has 0 atom stereocenters. The van der Waals surface area contributed by atoms with Gasteiger partial charge < -0.3 is 0 Å². The van der Waals surface area contributed by atoms with Crippen molar-refractivity contribution in [3.8, 4) is 17.3 Å². The predicted molar refractivity (Wildman–Crippen MR) is 50.9 cm³/mol. The molecule has 0 saturated heterocycles. The highest BCUT2D eigenvalue weighted by Gasteiger charge is 2.09. The van der Waals surface area contributed by atoms with Crippen LogP contribution in [0.2, 0.25) is 0 Å². The average molecular weight is 216 g/mol. The lowest BCUT2D eigenvalue weighted by Crippen LogP contribution is -1.92. The first-order valence-corrected chi connectivity index (χ1v) is 4.29. The number of rotatable bonds is 1. The van der Waals surface area contributed by atoms with Crippen molar-refractivity contribution < 1.29 is 8.78 Å². The lowest BCUT2D eigenvalue weighted by atomic mass is 10.1. The number of halogens is 2. The summed E-state index contributed by atoms with van der Waals surface area (Å²) in [6.45, 7) is 0. The number of hydrogen-bond donors (Lipinski definition) is 0. The molecule has 1 heterocycles. The maximum Gasteiger partial charge on any atom is 0.134 e. The standard InChI is InChI=1S/C11H4F2N3/c12-9-1-7(2-10(13)3-9)11-8(4-14)5-15-6-16-11/h1-2,5-6H. The molecule has 0 fully saturated rings. The van der Waals surface area contributed by atoms with Crippen molar-refractivity contribution >= 4 is 0 Å². The Morgan fingerprint density at radius 2 is 1.94 bits per heavy atom. The molecule has 1 radical (unpaired) electrons. The van der Waals surface area contributed by atoms with Crippen LogP contribution in [0.25, 0.3) is 11.3 Å². The highest BCUT2D eigenvalue weighted by Crippen LogP contribution is 2.21. The van der Waals surface area contributed by atoms with Gasteiger partial charge in [-0.05, 0) is 12.1 Å². The van der Waals surface area contributed by atoms with Crippen LogP contribution in [0.1, 0.15) is 5.56 Å². The van der Waals surface area contributed by atoms with E-state index >= 15 is 0 Å². The van der Waals surface area contributed by atoms with Crippen molar-refractivity contribution in [1.82, 2.24) is 9.97 Å². The zero-order chi connectivity index (χ0) is 11.5. The molecule has 0 bridgehead atoms. The van der Waals surface area contributed by atoms with E-state index in [2.05, 4.69) is 9.97 Å². The molecular formula is C11H4F2N3. The summed E-state index contributed by atoms with van der Waals surface area (Å²) in [7, 11) is 0. The third-order valence-electron chi connectivity index (χ3n) is 1.91. The number of nitriles is 1. The fourth-order valence-electron chi connectivity index (χ4n) is 1.28. The molecule has 2 rings (SSSR count). The molecule has 0 spiro atoms. The molecule has 1 aromatic heterocycles. The minimum Gasteiger partial charge on any atom is -0.243 e. The maximum absolute atomic E-state index is 12.9. The molecular weight excluding hydrogens is 212 g/mol. The number of hydrogen-bond acceptors (Lipinski definition) is 3. The molecule has 16 heavy (non-hydrogen) atoms. The largest absolute Gasteiger partial charge is 0.243 e. The van der Waals surface area contributed by atoms with Gasteiger partial charge in [-0.2, -0.15) is 5.26 Å². The van der Waals surface area contributed by atoms with Crippen LogP contribution >= 0.6 is 0 Å². The lowest BCUT2D eigenvalue weighted by Gasteiger charge is -2.02. The third kappa shape index (κ3) is 1.86. The Hall–Kier alpha value is -2.35. The van der Waals surface area contributed by atoms with Crippen LogP contribution in [-0.2, 0) is 0 Å². The van der Waals surface area contributed by atoms with Gasteiger partial charge in [0.25, 0.3) is 0 Å². The minimum atomic E-state index is -0.836. The molecule has 3 nitrogen and oxygen atoms in total. The molecule has 0 aliphatic carbocycles. The highest BCUT2D eigenvalue weighted by molar-refractivity contribution is 5.65. The lowest BCUT2D eigenvalue weighted by molar-refractivity contribution is 0.580. The number of benzene rings is 1. The summed E-state index contributed by atoms with van der Waals surface area (Å²) in [4.78, 5) is 7.48. The molecule has 0 N–H and O–H groups in total. The Morgan fingerprint density at radius 1 is 1.25 bits per heavy atom. The van der Waals surface area contributed by atoms with E-state index in [-0.39, 0.29) is 16.8 Å². The van der Waals surface area contributed by atoms with Gasteiger partial charge in [0.05, 0.1) is 17.3 Å². The smallest absolute Gasteiger partial charge is 0.134 e. The van der Waals surface area contributed by atoms with Gasteiger partial charge >= 0.3 is 0 Å². The normalized spacial score (nSPS) is 9.81. The second kappa shape index (κ2) is 4.03. The molecule has 77 valence electrons. The quantitative estimate of drug-likeness (QED) is 0.733. The summed E-state index contributed by atoms with van der Waals surface area (Å²) in [6, 6.07) is 5.83. The monoisotopic (exact) mass is 216 g/mol. The SMILES string of the molecule is N#Cc1cncnc1-c1cc(F)[c]c(F)c1. The van der Waals surface area contributed by atoms with E-state index in [0.29, 0.717) is 0 Å². The van der Waals surface area contributed by atoms with Gasteiger partial charge in [0, 0.05) is 11.8 Å². The Kier molecular flexibility index (Phi) is 2.56. The summed E-state index contributed by atoms with van der Waals surface area (Å²) in [5, 5.41) is 8.79. The molecule has 0 unspecified atom stereocenters. The molecule has 5 heteroatoms. The van der Waals surface area contributed by atoms with Gasteiger partial charge in [0.2, 0.25) is 0 Å². The van der Waals surface area contributed by atoms with Crippen LogP contribution in [0.5, 0.6) is 0 Å². The van der Waals surface area contributed by atoms with Gasteiger partial charge in [0.15, 0.2) is 0 Å². The zero-order valence-corrected chi connectivity index (χ0v) is 7.91. The van der Waals surface area contributed by atoms with E-state index in [4.69, 9.17) is 5.26 Å². The van der Waals surface area contributed by atoms with Gasteiger partial charge in [-0.25, -0.2) is 18.7 Å². The van der Waals surface area contributed by atoms with E-state index < -0.39 is 11.6 Å². The Morgan fingerprint density at radius 3 is 2.56 bits per heavy atom. The topological polar surface area (TPSA) is 49.6 Å². The van der Waals surface area contributed by atoms with Crippen LogP contribution < -0.4 is 0 Å². The summed E-state index contributed by atoms with van der Waals surface area (Å²) in [5.41, 5.74) is 0.546. The van der Waals surface area contributed by atoms with Crippen LogP contribution in [0.4, 0.5) is 8.78 Å². The minimum absolute atomic E-state index is 0.160. The molecule has 0 saturated carbocycles. The van der Waals surface area contributed by atoms with Crippen molar-refractivity contribution in [2.45, 2.75) is 0 Å². The van der Waals surface area contributed by atoms with Crippen LogP contribution in [0, 0.1) is 29.0 Å². The molecule has 0 amide bonds. The third-order valence-corrected chi connectivity index (χ3v) is 1.91. The number of nitrogens with zero attached hydrogens (tertiary/aromatic N) is 3. The van der Waals surface area contributed by atoms with E-state index in [1.807, 2.05) is 12.1 Å². The first-order chi connectivity index (χ1) is 7.70. The molecule has 0 aliphatic heterocycles. The Labute approximate surface area is 90.0 Å². The Balaban J connectivity index is 2.63. The second-order valence-electron chi connectivity index (χ2n) is 2.96. The average Bonchev–Trinajstić information content (AvgIpc) is 2.27. The molecule has 1 aromatic carbocycles. The molecule has 2 aromatic rings. The summed E-state index contributed by atoms with van der Waals surface area (Å²) >= 11 is 0. The van der Waals surface area contributed by atoms with E-state index in [1.54, 1.807) is 0 Å². The van der Waals surface area contributed by atoms with Crippen LogP contribution in [-0.4, -0.2) is 9.97 Å². The maximum atomic E-state index is 12.9. The number of aromatic nitrogens is 2. The van der Waals surface area contributed by atoms with E-state index in [0.717, 1.165) is 12.1 Å². The van der Waals surface area contributed by atoms with Crippen molar-refractivity contribution in [2.24, 2.45) is 0 Å². The summed E-state index contributed by atoms with van der Waals surface area (Å²) in [6.07, 6.45) is 2.50. The van der Waals surface area contributed by atoms with E-state index in [9.17, 15) is 8.78 Å². The fourth-order valence-corrected chi connectivity index (χ4v) is 1.28. The summed E-state index contributed by atoms with van der Waals surface area (Å²) in [5.74, 6) is -1.67. The van der Waals surface area contributed by atoms with Gasteiger partial charge in [-0.15, -0.1) is 0 Å². The molecule has 0 aliphatic rings. The van der Waals surface area contributed by atoms with Crippen molar-refractivity contribution in [3.63, 3.8) is 0 Å². The van der Waals surface area contributed by atoms with Crippen molar-refractivity contribution in [3.05, 3.63) is 47.9 Å². The summed E-state index contributed by atoms with van der Waals surface area (Å²) < 4.78 is 25.9. The van der Waals surface area contributed by atoms with Gasteiger partial charge in [-0.3, -0.25) is 0 Å². The predicted octanol–water partition coefficient (Wildman–Crippen LogP) is 2.09. The first kappa shape index (κ1) is 10.2. The van der Waals surface area contributed by atoms with Gasteiger partial charge in [-0.1, -0.05) is 0 Å². The van der Waals surface area contributed by atoms with Crippen LogP contribution in [0.15, 0.2) is 24.7 Å². The van der Waals surface area contributed by atoms with Gasteiger partial charge in [0.1, 0.15) is 24.0 Å².